The smallest absolute Gasteiger partial charge is 0.251 e. The van der Waals surface area contributed by atoms with Gasteiger partial charge in [-0.25, -0.2) is 9.97 Å². The first kappa shape index (κ1) is 15.7. The van der Waals surface area contributed by atoms with Crippen molar-refractivity contribution in [2.24, 2.45) is 5.92 Å². The lowest BCUT2D eigenvalue weighted by molar-refractivity contribution is -0.117. The third-order valence-electron chi connectivity index (χ3n) is 5.00. The summed E-state index contributed by atoms with van der Waals surface area (Å²) in [4.78, 5) is 33.5. The highest BCUT2D eigenvalue weighted by Crippen LogP contribution is 2.26. The normalized spacial score (nSPS) is 21.7. The summed E-state index contributed by atoms with van der Waals surface area (Å²) < 4.78 is 0. The maximum atomic E-state index is 12.7. The molecule has 2 aliphatic rings. The van der Waals surface area contributed by atoms with Gasteiger partial charge in [-0.05, 0) is 42.4 Å². The van der Waals surface area contributed by atoms with E-state index in [2.05, 4.69) is 27.5 Å². The number of hydrogen-bond acceptors (Lipinski definition) is 4. The quantitative estimate of drug-likeness (QED) is 0.879. The van der Waals surface area contributed by atoms with Crippen molar-refractivity contribution in [3.8, 4) is 0 Å². The van der Waals surface area contributed by atoms with E-state index in [1.54, 1.807) is 12.1 Å². The zero-order valence-corrected chi connectivity index (χ0v) is 14.1. The molecule has 128 valence electrons. The topological polar surface area (TPSA) is 84.0 Å². The molecule has 25 heavy (non-hydrogen) atoms. The van der Waals surface area contributed by atoms with Crippen LogP contribution in [0.3, 0.4) is 0 Å². The molecule has 0 saturated carbocycles. The fraction of sp³-hybridized carbons (Fsp3) is 0.368. The third-order valence-corrected chi connectivity index (χ3v) is 5.00. The second kappa shape index (κ2) is 6.27. The number of carbonyl (C=O) groups excluding carboxylic acids is 2. The van der Waals surface area contributed by atoms with Crippen LogP contribution in [0.15, 0.2) is 30.5 Å². The highest BCUT2D eigenvalue weighted by Gasteiger charge is 2.30. The molecule has 2 unspecified atom stereocenters. The number of aryl methyl sites for hydroxylation is 1. The van der Waals surface area contributed by atoms with E-state index in [0.29, 0.717) is 17.4 Å². The molecule has 0 fully saturated rings. The molecule has 6 nitrogen and oxygen atoms in total. The Morgan fingerprint density at radius 3 is 3.04 bits per heavy atom. The molecule has 0 bridgehead atoms. The predicted molar refractivity (Wildman–Crippen MR) is 93.4 cm³/mol. The second-order valence-electron chi connectivity index (χ2n) is 6.85. The van der Waals surface area contributed by atoms with Crippen LogP contribution in [0.25, 0.3) is 0 Å². The number of aromatic nitrogens is 2. The van der Waals surface area contributed by atoms with Crippen LogP contribution in [0.1, 0.15) is 46.4 Å². The monoisotopic (exact) mass is 336 g/mol. The van der Waals surface area contributed by atoms with Gasteiger partial charge in [0.25, 0.3) is 5.91 Å². The van der Waals surface area contributed by atoms with Crippen molar-refractivity contribution in [3.63, 3.8) is 0 Å². The lowest BCUT2D eigenvalue weighted by Gasteiger charge is -2.25. The summed E-state index contributed by atoms with van der Waals surface area (Å²) in [6, 6.07) is 7.20. The molecule has 1 aromatic heterocycles. The highest BCUT2D eigenvalue weighted by molar-refractivity contribution is 6.03. The minimum Gasteiger partial charge on any atom is -0.351 e. The highest BCUT2D eigenvalue weighted by atomic mass is 16.2. The summed E-state index contributed by atoms with van der Waals surface area (Å²) in [7, 11) is 0. The maximum Gasteiger partial charge on any atom is 0.251 e. The number of nitrogens with zero attached hydrogens (tertiary/aromatic N) is 2. The Morgan fingerprint density at radius 1 is 1.32 bits per heavy atom. The average molecular weight is 336 g/mol. The Labute approximate surface area is 146 Å². The van der Waals surface area contributed by atoms with Gasteiger partial charge >= 0.3 is 0 Å². The van der Waals surface area contributed by atoms with E-state index in [1.165, 1.54) is 5.56 Å². The molecule has 0 radical (unpaired) electrons. The number of rotatable bonds is 2. The van der Waals surface area contributed by atoms with Crippen molar-refractivity contribution in [2.75, 3.05) is 11.9 Å². The first-order chi connectivity index (χ1) is 12.1. The zero-order valence-electron chi connectivity index (χ0n) is 14.1. The minimum atomic E-state index is -0.437. The van der Waals surface area contributed by atoms with E-state index < -0.39 is 5.92 Å². The average Bonchev–Trinajstić information content (AvgIpc) is 2.62. The molecule has 1 aliphatic carbocycles. The van der Waals surface area contributed by atoms with Gasteiger partial charge in [0.1, 0.15) is 0 Å². The first-order valence-corrected chi connectivity index (χ1v) is 8.64. The predicted octanol–water partition coefficient (Wildman–Crippen LogP) is 2.07. The molecule has 1 aromatic carbocycles. The van der Waals surface area contributed by atoms with Gasteiger partial charge in [-0.15, -0.1) is 0 Å². The summed E-state index contributed by atoms with van der Waals surface area (Å²) in [5.41, 5.74) is 3.50. The number of carbonyl (C=O) groups is 2. The fourth-order valence-corrected chi connectivity index (χ4v) is 3.59. The lowest BCUT2D eigenvalue weighted by atomic mass is 9.89. The first-order valence-electron chi connectivity index (χ1n) is 8.64. The molecule has 2 heterocycles. The van der Waals surface area contributed by atoms with E-state index in [4.69, 9.17) is 0 Å². The van der Waals surface area contributed by atoms with Crippen LogP contribution >= 0.6 is 0 Å². The van der Waals surface area contributed by atoms with Crippen molar-refractivity contribution in [3.05, 3.63) is 52.8 Å². The lowest BCUT2D eigenvalue weighted by Crippen LogP contribution is -2.40. The molecule has 2 atom stereocenters. The molecule has 2 aromatic rings. The molecular formula is C19H20N4O2. The van der Waals surface area contributed by atoms with Gasteiger partial charge in [0.2, 0.25) is 11.9 Å². The Hall–Kier alpha value is -2.76. The Kier molecular flexibility index (Phi) is 3.95. The van der Waals surface area contributed by atoms with Crippen LogP contribution in [-0.2, 0) is 17.6 Å². The van der Waals surface area contributed by atoms with Crippen LogP contribution in [0, 0.1) is 5.92 Å². The maximum absolute atomic E-state index is 12.7. The number of benzene rings is 1. The summed E-state index contributed by atoms with van der Waals surface area (Å²) in [6.07, 6.45) is 4.85. The van der Waals surface area contributed by atoms with Crippen molar-refractivity contribution < 1.29 is 9.59 Å². The standard InChI is InChI=1S/C19H20N4O2/c1-11-6-7-16-12(8-11)9-21-19(22-16)23-18(25)15-10-20-17(24)14-5-3-2-4-13(14)15/h2-5,9,11,15H,6-8,10H2,1H3,(H,20,24)(H,21,22,23,25). The molecule has 2 amide bonds. The number of amides is 2. The number of fused-ring (bicyclic) bond motifs is 2. The van der Waals surface area contributed by atoms with Crippen molar-refractivity contribution in [2.45, 2.75) is 32.1 Å². The zero-order chi connectivity index (χ0) is 17.4. The summed E-state index contributed by atoms with van der Waals surface area (Å²) in [6.45, 7) is 2.51. The van der Waals surface area contributed by atoms with Gasteiger partial charge in [-0.3, -0.25) is 14.9 Å². The van der Waals surface area contributed by atoms with Crippen molar-refractivity contribution >= 4 is 17.8 Å². The summed E-state index contributed by atoms with van der Waals surface area (Å²) in [5.74, 6) is 0.218. The largest absolute Gasteiger partial charge is 0.351 e. The summed E-state index contributed by atoms with van der Waals surface area (Å²) >= 11 is 0. The van der Waals surface area contributed by atoms with Gasteiger partial charge in [-0.2, -0.15) is 0 Å². The third kappa shape index (κ3) is 2.99. The van der Waals surface area contributed by atoms with E-state index in [0.717, 1.165) is 30.5 Å². The molecule has 1 aliphatic heterocycles. The van der Waals surface area contributed by atoms with Gasteiger partial charge in [0, 0.05) is 24.0 Å². The molecule has 0 spiro atoms. The molecule has 6 heteroatoms. The minimum absolute atomic E-state index is 0.140. The Morgan fingerprint density at radius 2 is 2.16 bits per heavy atom. The van der Waals surface area contributed by atoms with E-state index in [9.17, 15) is 9.59 Å². The number of nitrogens with one attached hydrogen (secondary N) is 2. The number of anilines is 1. The van der Waals surface area contributed by atoms with E-state index in [-0.39, 0.29) is 18.4 Å². The summed E-state index contributed by atoms with van der Waals surface area (Å²) in [5, 5.41) is 5.59. The molecular weight excluding hydrogens is 316 g/mol. The van der Waals surface area contributed by atoms with Crippen LogP contribution in [0.5, 0.6) is 0 Å². The van der Waals surface area contributed by atoms with Crippen LogP contribution < -0.4 is 10.6 Å². The van der Waals surface area contributed by atoms with Crippen LogP contribution in [0.4, 0.5) is 5.95 Å². The number of hydrogen-bond donors (Lipinski definition) is 2. The van der Waals surface area contributed by atoms with Gasteiger partial charge in [0.15, 0.2) is 0 Å². The molecule has 4 rings (SSSR count). The Balaban J connectivity index is 1.55. The van der Waals surface area contributed by atoms with Crippen molar-refractivity contribution in [1.29, 1.82) is 0 Å². The van der Waals surface area contributed by atoms with Gasteiger partial charge in [0.05, 0.1) is 5.92 Å². The van der Waals surface area contributed by atoms with Gasteiger partial charge < -0.3 is 5.32 Å². The van der Waals surface area contributed by atoms with E-state index >= 15 is 0 Å². The molecule has 2 N–H and O–H groups in total. The fourth-order valence-electron chi connectivity index (χ4n) is 3.59. The van der Waals surface area contributed by atoms with Gasteiger partial charge in [-0.1, -0.05) is 25.1 Å². The molecule has 0 saturated heterocycles. The Bertz CT molecular complexity index is 849. The van der Waals surface area contributed by atoms with Crippen LogP contribution in [0.2, 0.25) is 0 Å². The van der Waals surface area contributed by atoms with Crippen LogP contribution in [-0.4, -0.2) is 28.3 Å². The second-order valence-corrected chi connectivity index (χ2v) is 6.85. The SMILES string of the molecule is CC1CCc2nc(NC(=O)C3CNC(=O)c4ccccc43)ncc2C1. The van der Waals surface area contributed by atoms with Crippen molar-refractivity contribution in [1.82, 2.24) is 15.3 Å². The van der Waals surface area contributed by atoms with E-state index in [1.807, 2.05) is 18.3 Å².